The summed E-state index contributed by atoms with van der Waals surface area (Å²) in [6.07, 6.45) is -0.503. The third-order valence-corrected chi connectivity index (χ3v) is 7.19. The second kappa shape index (κ2) is 10.00. The topological polar surface area (TPSA) is 123 Å². The predicted molar refractivity (Wildman–Crippen MR) is 110 cm³/mol. The Hall–Kier alpha value is -2.51. The van der Waals surface area contributed by atoms with Gasteiger partial charge in [0.2, 0.25) is 0 Å². The van der Waals surface area contributed by atoms with Crippen molar-refractivity contribution in [2.75, 3.05) is 32.6 Å². The van der Waals surface area contributed by atoms with Crippen LogP contribution in [0.1, 0.15) is 6.42 Å². The average Bonchev–Trinajstić information content (AvgIpc) is 2.75. The Balaban J connectivity index is 1.90. The molecule has 1 heterocycles. The molecule has 2 aromatic carbocycles. The Labute approximate surface area is 174 Å². The van der Waals surface area contributed by atoms with Crippen LogP contribution in [0.25, 0.3) is 11.1 Å². The standard InChI is InChI=1S/C21H24O8P/c22-9-11-27-20(24)13-15(21(25)28-12-10-23)14-30(26)19-8-4-2-6-17(19)16-5-1-3-7-18(16)29-30/h1-8,15,22-23,26H,9-14H2/q+1. The Bertz CT molecular complexity index is 902. The van der Waals surface area contributed by atoms with E-state index in [0.29, 0.717) is 11.1 Å². The number of benzene rings is 2. The molecular weight excluding hydrogens is 411 g/mol. The molecule has 1 aliphatic heterocycles. The minimum Gasteiger partial charge on any atom is -0.463 e. The summed E-state index contributed by atoms with van der Waals surface area (Å²) in [5.74, 6) is -1.98. The zero-order valence-corrected chi connectivity index (χ0v) is 17.2. The minimum absolute atomic E-state index is 0.156. The van der Waals surface area contributed by atoms with Gasteiger partial charge in [-0.05, 0) is 12.1 Å². The van der Waals surface area contributed by atoms with Crippen molar-refractivity contribution in [2.45, 2.75) is 6.42 Å². The van der Waals surface area contributed by atoms with E-state index >= 15 is 0 Å². The number of carbonyl (C=O) groups excluding carboxylic acids is 2. The van der Waals surface area contributed by atoms with Gasteiger partial charge in [0.25, 0.3) is 0 Å². The largest absolute Gasteiger partial charge is 0.463 e. The summed E-state index contributed by atoms with van der Waals surface area (Å²) in [6, 6.07) is 14.5. The van der Waals surface area contributed by atoms with Crippen molar-refractivity contribution in [3.63, 3.8) is 0 Å². The normalized spacial score (nSPS) is 17.8. The van der Waals surface area contributed by atoms with Crippen molar-refractivity contribution in [1.82, 2.24) is 0 Å². The molecule has 0 fully saturated rings. The summed E-state index contributed by atoms with van der Waals surface area (Å²) in [7, 11) is -3.33. The maximum atomic E-state index is 12.5. The Morgan fingerprint density at radius 3 is 2.30 bits per heavy atom. The highest BCUT2D eigenvalue weighted by Crippen LogP contribution is 2.61. The van der Waals surface area contributed by atoms with E-state index in [0.717, 1.165) is 11.1 Å². The molecule has 30 heavy (non-hydrogen) atoms. The van der Waals surface area contributed by atoms with Gasteiger partial charge in [0.1, 0.15) is 25.3 Å². The molecular formula is C21H24O8P+. The molecule has 160 valence electrons. The fraction of sp³-hybridized carbons (Fsp3) is 0.333. The van der Waals surface area contributed by atoms with E-state index in [1.807, 2.05) is 24.3 Å². The predicted octanol–water partition coefficient (Wildman–Crippen LogP) is 1.29. The fourth-order valence-corrected chi connectivity index (χ4v) is 5.95. The molecule has 9 heteroatoms. The monoisotopic (exact) mass is 435 g/mol. The number of carbonyl (C=O) groups is 2. The van der Waals surface area contributed by atoms with Crippen LogP contribution in [-0.4, -0.2) is 59.6 Å². The number of hydrogen-bond acceptors (Lipinski definition) is 8. The summed E-state index contributed by atoms with van der Waals surface area (Å²) >= 11 is 0. The third-order valence-electron chi connectivity index (χ3n) is 4.61. The zero-order chi connectivity index (χ0) is 21.6. The molecule has 0 saturated heterocycles. The smallest absolute Gasteiger partial charge is 0.350 e. The van der Waals surface area contributed by atoms with E-state index in [1.54, 1.807) is 24.3 Å². The van der Waals surface area contributed by atoms with Crippen LogP contribution in [0.4, 0.5) is 0 Å². The van der Waals surface area contributed by atoms with Gasteiger partial charge in [0, 0.05) is 11.1 Å². The lowest BCUT2D eigenvalue weighted by atomic mass is 10.0. The van der Waals surface area contributed by atoms with Crippen molar-refractivity contribution in [2.24, 2.45) is 5.92 Å². The first kappa shape index (κ1) is 22.2. The number of ether oxygens (including phenoxy) is 2. The molecule has 2 atom stereocenters. The SMILES string of the molecule is O=C(CC(C[P+]1(O)Oc2ccccc2-c2ccccc21)C(=O)OCCO)OCCO. The van der Waals surface area contributed by atoms with Crippen molar-refractivity contribution in [3.05, 3.63) is 48.5 Å². The van der Waals surface area contributed by atoms with Crippen molar-refractivity contribution in [1.29, 1.82) is 0 Å². The van der Waals surface area contributed by atoms with E-state index < -0.39 is 25.6 Å². The maximum absolute atomic E-state index is 12.5. The molecule has 8 nitrogen and oxygen atoms in total. The van der Waals surface area contributed by atoms with Gasteiger partial charge in [-0.25, -0.2) is 4.89 Å². The van der Waals surface area contributed by atoms with Crippen molar-refractivity contribution >= 4 is 25.0 Å². The average molecular weight is 435 g/mol. The lowest BCUT2D eigenvalue weighted by Gasteiger charge is -2.28. The lowest BCUT2D eigenvalue weighted by Crippen LogP contribution is -2.33. The lowest BCUT2D eigenvalue weighted by molar-refractivity contribution is -0.155. The highest BCUT2D eigenvalue weighted by atomic mass is 31.2. The molecule has 2 unspecified atom stereocenters. The number of aliphatic hydroxyl groups excluding tert-OH is 2. The Kier molecular flexibility index (Phi) is 7.39. The highest BCUT2D eigenvalue weighted by Gasteiger charge is 2.52. The number of hydrogen-bond donors (Lipinski definition) is 3. The van der Waals surface area contributed by atoms with E-state index in [4.69, 9.17) is 24.2 Å². The van der Waals surface area contributed by atoms with Crippen molar-refractivity contribution in [3.8, 4) is 16.9 Å². The zero-order valence-electron chi connectivity index (χ0n) is 16.3. The molecule has 0 radical (unpaired) electrons. The molecule has 1 aliphatic rings. The van der Waals surface area contributed by atoms with Gasteiger partial charge in [-0.2, -0.15) is 0 Å². The second-order valence-electron chi connectivity index (χ2n) is 6.72. The molecule has 0 aromatic heterocycles. The van der Waals surface area contributed by atoms with Gasteiger partial charge >= 0.3 is 19.7 Å². The molecule has 0 amide bonds. The minimum atomic E-state index is -3.33. The van der Waals surface area contributed by atoms with Crippen molar-refractivity contribution < 1.29 is 38.7 Å². The summed E-state index contributed by atoms with van der Waals surface area (Å²) in [5, 5.41) is 18.3. The summed E-state index contributed by atoms with van der Waals surface area (Å²) in [6.45, 7) is -1.11. The number of aliphatic hydroxyl groups is 2. The van der Waals surface area contributed by atoms with E-state index in [9.17, 15) is 14.5 Å². The maximum Gasteiger partial charge on any atom is 0.350 e. The van der Waals surface area contributed by atoms with Crippen LogP contribution in [0.15, 0.2) is 48.5 Å². The molecule has 3 N–H and O–H groups in total. The van der Waals surface area contributed by atoms with Gasteiger partial charge < -0.3 is 24.2 Å². The molecule has 0 saturated carbocycles. The van der Waals surface area contributed by atoms with E-state index in [-0.39, 0.29) is 39.0 Å². The number of para-hydroxylation sites is 1. The number of fused-ring (bicyclic) bond motifs is 3. The van der Waals surface area contributed by atoms with Gasteiger partial charge in [0.15, 0.2) is 11.1 Å². The summed E-state index contributed by atoms with van der Waals surface area (Å²) in [5.41, 5.74) is 1.64. The van der Waals surface area contributed by atoms with E-state index in [1.165, 1.54) is 0 Å². The molecule has 2 aromatic rings. The highest BCUT2D eigenvalue weighted by molar-refractivity contribution is 7.74. The van der Waals surface area contributed by atoms with Crippen LogP contribution in [0.5, 0.6) is 5.75 Å². The quantitative estimate of drug-likeness (QED) is 0.398. The van der Waals surface area contributed by atoms with Crippen LogP contribution < -0.4 is 9.83 Å². The molecule has 0 aliphatic carbocycles. The second-order valence-corrected chi connectivity index (χ2v) is 9.16. The van der Waals surface area contributed by atoms with Gasteiger partial charge in [-0.3, -0.25) is 9.59 Å². The first-order valence-electron chi connectivity index (χ1n) is 9.52. The number of rotatable bonds is 9. The molecule has 0 bridgehead atoms. The van der Waals surface area contributed by atoms with Gasteiger partial charge in [-0.1, -0.05) is 36.4 Å². The molecule has 0 spiro atoms. The van der Waals surface area contributed by atoms with Crippen LogP contribution in [0.2, 0.25) is 0 Å². The van der Waals surface area contributed by atoms with Gasteiger partial charge in [-0.15, -0.1) is 0 Å². The summed E-state index contributed by atoms with van der Waals surface area (Å²) in [4.78, 5) is 36.2. The first-order valence-corrected chi connectivity index (χ1v) is 11.4. The van der Waals surface area contributed by atoms with Crippen LogP contribution >= 0.6 is 7.72 Å². The van der Waals surface area contributed by atoms with Crippen LogP contribution in [0, 0.1) is 5.92 Å². The van der Waals surface area contributed by atoms with Crippen LogP contribution in [-0.2, 0) is 19.1 Å². The van der Waals surface area contributed by atoms with E-state index in [2.05, 4.69) is 0 Å². The van der Waals surface area contributed by atoms with Gasteiger partial charge in [0.05, 0.1) is 19.6 Å². The number of esters is 2. The molecule has 3 rings (SSSR count). The van der Waals surface area contributed by atoms with Crippen LogP contribution in [0.3, 0.4) is 0 Å². The first-order chi connectivity index (χ1) is 14.5. The fourth-order valence-electron chi connectivity index (χ4n) is 3.33. The Morgan fingerprint density at radius 2 is 1.57 bits per heavy atom. The Morgan fingerprint density at radius 1 is 0.933 bits per heavy atom. The third kappa shape index (κ3) is 4.96. The summed E-state index contributed by atoms with van der Waals surface area (Å²) < 4.78 is 15.9.